The average molecular weight is 356 g/mol. The van der Waals surface area contributed by atoms with Crippen molar-refractivity contribution in [2.24, 2.45) is 0 Å². The van der Waals surface area contributed by atoms with Crippen molar-refractivity contribution in [3.63, 3.8) is 0 Å². The van der Waals surface area contributed by atoms with Crippen LogP contribution in [0.1, 0.15) is 27.0 Å². The van der Waals surface area contributed by atoms with Crippen LogP contribution in [0.4, 0.5) is 5.69 Å². The molecule has 0 aliphatic rings. The maximum Gasteiger partial charge on any atom is 0.255 e. The maximum atomic E-state index is 12.7. The summed E-state index contributed by atoms with van der Waals surface area (Å²) >= 11 is 0. The predicted molar refractivity (Wildman–Crippen MR) is 108 cm³/mol. The van der Waals surface area contributed by atoms with Crippen LogP contribution in [0.15, 0.2) is 65.2 Å². The van der Waals surface area contributed by atoms with E-state index in [1.165, 1.54) is 11.1 Å². The number of hydrogen-bond donors (Lipinski definition) is 1. The van der Waals surface area contributed by atoms with Crippen LogP contribution in [0.3, 0.4) is 0 Å². The number of amides is 1. The van der Waals surface area contributed by atoms with E-state index in [0.717, 1.165) is 27.7 Å². The molecule has 134 valence electrons. The zero-order valence-corrected chi connectivity index (χ0v) is 15.5. The van der Waals surface area contributed by atoms with Gasteiger partial charge >= 0.3 is 0 Å². The second kappa shape index (κ2) is 6.72. The molecule has 0 spiro atoms. The number of hydrogen-bond acceptors (Lipinski definition) is 3. The van der Waals surface area contributed by atoms with E-state index in [9.17, 15) is 4.79 Å². The monoisotopic (exact) mass is 356 g/mol. The molecular weight excluding hydrogens is 336 g/mol. The van der Waals surface area contributed by atoms with Gasteiger partial charge in [0, 0.05) is 16.8 Å². The molecule has 27 heavy (non-hydrogen) atoms. The Labute approximate surface area is 157 Å². The fourth-order valence-electron chi connectivity index (χ4n) is 3.02. The van der Waals surface area contributed by atoms with Crippen LogP contribution in [0, 0.1) is 20.8 Å². The lowest BCUT2D eigenvalue weighted by molar-refractivity contribution is 0.102. The minimum absolute atomic E-state index is 0.156. The van der Waals surface area contributed by atoms with Gasteiger partial charge in [-0.25, -0.2) is 0 Å². The van der Waals surface area contributed by atoms with Gasteiger partial charge in [0.2, 0.25) is 0 Å². The fraction of sp³-hybridized carbons (Fsp3) is 0.130. The topological polar surface area (TPSA) is 55.1 Å². The highest BCUT2D eigenvalue weighted by Crippen LogP contribution is 2.29. The molecule has 4 nitrogen and oxygen atoms in total. The Kier molecular flexibility index (Phi) is 4.24. The van der Waals surface area contributed by atoms with E-state index in [2.05, 4.69) is 10.5 Å². The first-order valence-corrected chi connectivity index (χ1v) is 8.86. The largest absolute Gasteiger partial charge is 0.355 e. The van der Waals surface area contributed by atoms with Crippen molar-refractivity contribution < 1.29 is 9.32 Å². The Bertz CT molecular complexity index is 1140. The van der Waals surface area contributed by atoms with E-state index in [-0.39, 0.29) is 5.91 Å². The van der Waals surface area contributed by atoms with E-state index in [1.807, 2.05) is 75.4 Å². The lowest BCUT2D eigenvalue weighted by Crippen LogP contribution is -2.11. The molecule has 0 unspecified atom stereocenters. The van der Waals surface area contributed by atoms with Crippen molar-refractivity contribution in [1.29, 1.82) is 0 Å². The van der Waals surface area contributed by atoms with Gasteiger partial charge in [-0.15, -0.1) is 0 Å². The SMILES string of the molecule is Cc1ccc(-c2onc3ccc(C(=O)Nc4ccc(C)c(C)c4)cc23)cc1. The third kappa shape index (κ3) is 3.34. The van der Waals surface area contributed by atoms with Crippen LogP contribution >= 0.6 is 0 Å². The highest BCUT2D eigenvalue weighted by molar-refractivity contribution is 6.07. The molecule has 4 aromatic rings. The standard InChI is InChI=1S/C23H20N2O2/c1-14-4-7-17(8-5-14)22-20-13-18(9-11-21(20)25-27-22)23(26)24-19-10-6-15(2)16(3)12-19/h4-13H,1-3H3,(H,24,26). The normalized spacial score (nSPS) is 10.9. The minimum atomic E-state index is -0.156. The van der Waals surface area contributed by atoms with Gasteiger partial charge < -0.3 is 9.84 Å². The van der Waals surface area contributed by atoms with Gasteiger partial charge in [-0.3, -0.25) is 4.79 Å². The zero-order valence-electron chi connectivity index (χ0n) is 15.5. The summed E-state index contributed by atoms with van der Waals surface area (Å²) in [7, 11) is 0. The molecule has 4 heteroatoms. The molecule has 4 rings (SSSR count). The molecule has 0 bridgehead atoms. The first-order chi connectivity index (χ1) is 13.0. The zero-order chi connectivity index (χ0) is 19.0. The third-order valence-electron chi connectivity index (χ3n) is 4.82. The highest BCUT2D eigenvalue weighted by atomic mass is 16.5. The lowest BCUT2D eigenvalue weighted by Gasteiger charge is -2.08. The van der Waals surface area contributed by atoms with Crippen molar-refractivity contribution in [2.75, 3.05) is 5.32 Å². The third-order valence-corrected chi connectivity index (χ3v) is 4.82. The molecular formula is C23H20N2O2. The lowest BCUT2D eigenvalue weighted by atomic mass is 10.0. The van der Waals surface area contributed by atoms with Crippen molar-refractivity contribution in [3.05, 3.63) is 82.9 Å². The van der Waals surface area contributed by atoms with Gasteiger partial charge in [0.1, 0.15) is 5.52 Å². The number of carbonyl (C=O) groups excluding carboxylic acids is 1. The molecule has 1 amide bonds. The van der Waals surface area contributed by atoms with Crippen LogP contribution in [-0.2, 0) is 0 Å². The fourth-order valence-corrected chi connectivity index (χ4v) is 3.02. The average Bonchev–Trinajstić information content (AvgIpc) is 3.08. The number of carbonyl (C=O) groups is 1. The number of benzene rings is 3. The highest BCUT2D eigenvalue weighted by Gasteiger charge is 2.14. The van der Waals surface area contributed by atoms with E-state index < -0.39 is 0 Å². The summed E-state index contributed by atoms with van der Waals surface area (Å²) in [5.74, 6) is 0.516. The molecule has 0 saturated heterocycles. The van der Waals surface area contributed by atoms with Gasteiger partial charge in [-0.1, -0.05) is 41.1 Å². The van der Waals surface area contributed by atoms with Gasteiger partial charge in [-0.2, -0.15) is 0 Å². The van der Waals surface area contributed by atoms with Gasteiger partial charge in [0.05, 0.1) is 5.39 Å². The molecule has 0 fully saturated rings. The molecule has 0 radical (unpaired) electrons. The Morgan fingerprint density at radius 1 is 0.889 bits per heavy atom. The predicted octanol–water partition coefficient (Wildman–Crippen LogP) is 5.67. The molecule has 1 N–H and O–H groups in total. The quantitative estimate of drug-likeness (QED) is 0.514. The van der Waals surface area contributed by atoms with Crippen LogP contribution in [0.5, 0.6) is 0 Å². The first-order valence-electron chi connectivity index (χ1n) is 8.86. The summed E-state index contributed by atoms with van der Waals surface area (Å²) in [5.41, 5.74) is 6.54. The molecule has 0 aliphatic heterocycles. The molecule has 1 aromatic heterocycles. The maximum absolute atomic E-state index is 12.7. The van der Waals surface area contributed by atoms with Crippen LogP contribution < -0.4 is 5.32 Å². The number of aryl methyl sites for hydroxylation is 3. The molecule has 0 saturated carbocycles. The summed E-state index contributed by atoms with van der Waals surface area (Å²) < 4.78 is 5.54. The first kappa shape index (κ1) is 17.0. The number of anilines is 1. The molecule has 0 atom stereocenters. The number of nitrogens with one attached hydrogen (secondary N) is 1. The Morgan fingerprint density at radius 2 is 1.67 bits per heavy atom. The van der Waals surface area contributed by atoms with E-state index in [1.54, 1.807) is 6.07 Å². The summed E-state index contributed by atoms with van der Waals surface area (Å²) in [5, 5.41) is 7.90. The van der Waals surface area contributed by atoms with Gasteiger partial charge in [0.15, 0.2) is 5.76 Å². The number of fused-ring (bicyclic) bond motifs is 1. The molecule has 0 aliphatic carbocycles. The van der Waals surface area contributed by atoms with Crippen LogP contribution in [0.2, 0.25) is 0 Å². The number of nitrogens with zero attached hydrogens (tertiary/aromatic N) is 1. The molecule has 1 heterocycles. The summed E-state index contributed by atoms with van der Waals surface area (Å²) in [6.45, 7) is 6.12. The van der Waals surface area contributed by atoms with Crippen molar-refractivity contribution in [2.45, 2.75) is 20.8 Å². The van der Waals surface area contributed by atoms with Gasteiger partial charge in [0.25, 0.3) is 5.91 Å². The Morgan fingerprint density at radius 3 is 2.41 bits per heavy atom. The minimum Gasteiger partial charge on any atom is -0.355 e. The van der Waals surface area contributed by atoms with Crippen molar-refractivity contribution >= 4 is 22.5 Å². The smallest absolute Gasteiger partial charge is 0.255 e. The summed E-state index contributed by atoms with van der Waals surface area (Å²) in [6, 6.07) is 19.3. The number of aromatic nitrogens is 1. The summed E-state index contributed by atoms with van der Waals surface area (Å²) in [4.78, 5) is 12.7. The summed E-state index contributed by atoms with van der Waals surface area (Å²) in [6.07, 6.45) is 0. The Hall–Kier alpha value is -3.40. The van der Waals surface area contributed by atoms with E-state index in [0.29, 0.717) is 11.3 Å². The van der Waals surface area contributed by atoms with Gasteiger partial charge in [-0.05, 0) is 62.2 Å². The number of rotatable bonds is 3. The Balaban J connectivity index is 1.68. The second-order valence-corrected chi connectivity index (χ2v) is 6.86. The van der Waals surface area contributed by atoms with Crippen LogP contribution in [-0.4, -0.2) is 11.1 Å². The van der Waals surface area contributed by atoms with Crippen molar-refractivity contribution in [1.82, 2.24) is 5.16 Å². The van der Waals surface area contributed by atoms with E-state index in [4.69, 9.17) is 4.52 Å². The second-order valence-electron chi connectivity index (χ2n) is 6.86. The van der Waals surface area contributed by atoms with E-state index >= 15 is 0 Å². The van der Waals surface area contributed by atoms with Crippen molar-refractivity contribution in [3.8, 4) is 11.3 Å². The molecule has 3 aromatic carbocycles. The van der Waals surface area contributed by atoms with Crippen LogP contribution in [0.25, 0.3) is 22.2 Å².